The van der Waals surface area contributed by atoms with Gasteiger partial charge in [-0.25, -0.2) is 0 Å². The first-order chi connectivity index (χ1) is 6.52. The molecule has 0 aliphatic rings. The number of hydrogen-bond acceptors (Lipinski definition) is 4. The molecule has 4 heteroatoms. The van der Waals surface area contributed by atoms with Crippen molar-refractivity contribution in [2.75, 3.05) is 27.3 Å². The Balaban J connectivity index is 4.25. The second-order valence-electron chi connectivity index (χ2n) is 3.53. The molecule has 0 spiro atoms. The van der Waals surface area contributed by atoms with Gasteiger partial charge >= 0.3 is 5.97 Å². The Bertz CT molecular complexity index is 171. The van der Waals surface area contributed by atoms with Crippen LogP contribution in [0.5, 0.6) is 0 Å². The van der Waals surface area contributed by atoms with E-state index in [0.29, 0.717) is 6.61 Å². The van der Waals surface area contributed by atoms with Crippen LogP contribution in [-0.2, 0) is 14.3 Å². The summed E-state index contributed by atoms with van der Waals surface area (Å²) < 4.78 is 10.1. The largest absolute Gasteiger partial charge is 0.462 e. The zero-order valence-electron chi connectivity index (χ0n) is 9.74. The molecule has 0 heterocycles. The van der Waals surface area contributed by atoms with Gasteiger partial charge in [0.15, 0.2) is 0 Å². The molecule has 0 fully saturated rings. The van der Waals surface area contributed by atoms with Crippen molar-refractivity contribution >= 4 is 5.97 Å². The van der Waals surface area contributed by atoms with Gasteiger partial charge in [0.05, 0.1) is 12.7 Å². The SMILES string of the molecule is CCN(C)C(COC)C(=O)OC(C)C. The number of carbonyl (C=O) groups is 1. The number of likely N-dealkylation sites (N-methyl/N-ethyl adjacent to an activating group) is 1. The van der Waals surface area contributed by atoms with Crippen LogP contribution in [-0.4, -0.2) is 50.3 Å². The topological polar surface area (TPSA) is 38.8 Å². The van der Waals surface area contributed by atoms with Crippen molar-refractivity contribution in [3.05, 3.63) is 0 Å². The van der Waals surface area contributed by atoms with Gasteiger partial charge in [0.1, 0.15) is 6.04 Å². The Labute approximate surface area is 86.2 Å². The van der Waals surface area contributed by atoms with Gasteiger partial charge in [0, 0.05) is 7.11 Å². The Hall–Kier alpha value is -0.610. The van der Waals surface area contributed by atoms with Crippen molar-refractivity contribution in [2.24, 2.45) is 0 Å². The molecule has 1 unspecified atom stereocenters. The minimum atomic E-state index is -0.299. The first-order valence-electron chi connectivity index (χ1n) is 4.92. The number of carbonyl (C=O) groups excluding carboxylic acids is 1. The van der Waals surface area contributed by atoms with Crippen LogP contribution in [0.25, 0.3) is 0 Å². The fourth-order valence-electron chi connectivity index (χ4n) is 1.06. The summed E-state index contributed by atoms with van der Waals surface area (Å²) in [7, 11) is 3.46. The molecule has 0 saturated heterocycles. The molecule has 0 bridgehead atoms. The second kappa shape index (κ2) is 6.79. The summed E-state index contributed by atoms with van der Waals surface area (Å²) in [4.78, 5) is 13.5. The van der Waals surface area contributed by atoms with E-state index in [1.165, 1.54) is 0 Å². The maximum absolute atomic E-state index is 11.6. The van der Waals surface area contributed by atoms with Gasteiger partial charge in [0.2, 0.25) is 0 Å². The summed E-state index contributed by atoms with van der Waals surface area (Å²) in [6.07, 6.45) is -0.0767. The highest BCUT2D eigenvalue weighted by Gasteiger charge is 2.24. The molecule has 84 valence electrons. The Morgan fingerprint density at radius 1 is 1.43 bits per heavy atom. The molecular formula is C10H21NO3. The van der Waals surface area contributed by atoms with E-state index in [4.69, 9.17) is 9.47 Å². The summed E-state index contributed by atoms with van der Waals surface area (Å²) in [5, 5.41) is 0. The van der Waals surface area contributed by atoms with Gasteiger partial charge in [-0.2, -0.15) is 0 Å². The Morgan fingerprint density at radius 3 is 2.36 bits per heavy atom. The molecule has 0 aliphatic heterocycles. The van der Waals surface area contributed by atoms with E-state index in [1.54, 1.807) is 7.11 Å². The highest BCUT2D eigenvalue weighted by molar-refractivity contribution is 5.76. The van der Waals surface area contributed by atoms with E-state index in [2.05, 4.69) is 0 Å². The zero-order chi connectivity index (χ0) is 11.1. The molecule has 4 nitrogen and oxygen atoms in total. The normalized spacial score (nSPS) is 13.4. The maximum atomic E-state index is 11.6. The van der Waals surface area contributed by atoms with Crippen LogP contribution in [0.2, 0.25) is 0 Å². The van der Waals surface area contributed by atoms with Crippen molar-refractivity contribution in [1.29, 1.82) is 0 Å². The fraction of sp³-hybridized carbons (Fsp3) is 0.900. The monoisotopic (exact) mass is 203 g/mol. The number of hydrogen-bond donors (Lipinski definition) is 0. The average molecular weight is 203 g/mol. The molecule has 0 radical (unpaired) electrons. The molecule has 0 aromatic carbocycles. The predicted molar refractivity (Wildman–Crippen MR) is 55.2 cm³/mol. The Kier molecular flexibility index (Phi) is 6.49. The zero-order valence-corrected chi connectivity index (χ0v) is 9.74. The third kappa shape index (κ3) is 4.58. The van der Waals surface area contributed by atoms with E-state index in [0.717, 1.165) is 6.54 Å². The summed E-state index contributed by atoms with van der Waals surface area (Å²) in [6.45, 7) is 6.84. The van der Waals surface area contributed by atoms with Crippen LogP contribution in [0.4, 0.5) is 0 Å². The number of rotatable bonds is 6. The van der Waals surface area contributed by atoms with Gasteiger partial charge < -0.3 is 9.47 Å². The lowest BCUT2D eigenvalue weighted by Gasteiger charge is -2.25. The summed E-state index contributed by atoms with van der Waals surface area (Å²) in [5.41, 5.74) is 0. The van der Waals surface area contributed by atoms with Gasteiger partial charge in [-0.05, 0) is 27.4 Å². The molecule has 0 aromatic heterocycles. The molecule has 0 amide bonds. The van der Waals surface area contributed by atoms with Crippen LogP contribution in [0, 0.1) is 0 Å². The lowest BCUT2D eigenvalue weighted by atomic mass is 10.3. The highest BCUT2D eigenvalue weighted by atomic mass is 16.5. The summed E-state index contributed by atoms with van der Waals surface area (Å²) >= 11 is 0. The van der Waals surface area contributed by atoms with Crippen LogP contribution in [0.15, 0.2) is 0 Å². The predicted octanol–water partition coefficient (Wildman–Crippen LogP) is 0.905. The van der Waals surface area contributed by atoms with E-state index < -0.39 is 0 Å². The van der Waals surface area contributed by atoms with Gasteiger partial charge in [-0.1, -0.05) is 6.92 Å². The van der Waals surface area contributed by atoms with Crippen molar-refractivity contribution < 1.29 is 14.3 Å². The van der Waals surface area contributed by atoms with Gasteiger partial charge in [-0.3, -0.25) is 9.69 Å². The van der Waals surface area contributed by atoms with E-state index in [-0.39, 0.29) is 18.1 Å². The van der Waals surface area contributed by atoms with Crippen molar-refractivity contribution in [1.82, 2.24) is 4.90 Å². The maximum Gasteiger partial charge on any atom is 0.326 e. The quantitative estimate of drug-likeness (QED) is 0.601. The number of nitrogens with zero attached hydrogens (tertiary/aromatic N) is 1. The number of methoxy groups -OCH3 is 1. The van der Waals surface area contributed by atoms with Crippen LogP contribution >= 0.6 is 0 Å². The van der Waals surface area contributed by atoms with Gasteiger partial charge in [0.25, 0.3) is 0 Å². The second-order valence-corrected chi connectivity index (χ2v) is 3.53. The lowest BCUT2D eigenvalue weighted by molar-refractivity contribution is -0.155. The smallest absolute Gasteiger partial charge is 0.326 e. The molecule has 0 aromatic rings. The molecule has 1 atom stereocenters. The molecule has 0 saturated carbocycles. The highest BCUT2D eigenvalue weighted by Crippen LogP contribution is 2.02. The van der Waals surface area contributed by atoms with Crippen LogP contribution in [0.3, 0.4) is 0 Å². The van der Waals surface area contributed by atoms with Crippen molar-refractivity contribution in [2.45, 2.75) is 32.9 Å². The fourth-order valence-corrected chi connectivity index (χ4v) is 1.06. The lowest BCUT2D eigenvalue weighted by Crippen LogP contribution is -2.43. The first kappa shape index (κ1) is 13.4. The van der Waals surface area contributed by atoms with E-state index >= 15 is 0 Å². The first-order valence-corrected chi connectivity index (χ1v) is 4.92. The van der Waals surface area contributed by atoms with Crippen molar-refractivity contribution in [3.63, 3.8) is 0 Å². The molecule has 0 rings (SSSR count). The van der Waals surface area contributed by atoms with E-state index in [1.807, 2.05) is 32.7 Å². The summed E-state index contributed by atoms with van der Waals surface area (Å²) in [5.74, 6) is -0.216. The third-order valence-electron chi connectivity index (χ3n) is 1.98. The third-order valence-corrected chi connectivity index (χ3v) is 1.98. The van der Waals surface area contributed by atoms with Crippen molar-refractivity contribution in [3.8, 4) is 0 Å². The number of ether oxygens (including phenoxy) is 2. The van der Waals surface area contributed by atoms with E-state index in [9.17, 15) is 4.79 Å². The molecule has 0 N–H and O–H groups in total. The molecule has 14 heavy (non-hydrogen) atoms. The molecule has 0 aliphatic carbocycles. The minimum Gasteiger partial charge on any atom is -0.462 e. The van der Waals surface area contributed by atoms with Crippen LogP contribution < -0.4 is 0 Å². The Morgan fingerprint density at radius 2 is 2.00 bits per heavy atom. The minimum absolute atomic E-state index is 0.0767. The van der Waals surface area contributed by atoms with Gasteiger partial charge in [-0.15, -0.1) is 0 Å². The molecular weight excluding hydrogens is 182 g/mol. The number of esters is 1. The average Bonchev–Trinajstić information content (AvgIpc) is 2.11. The van der Waals surface area contributed by atoms with Crippen LogP contribution in [0.1, 0.15) is 20.8 Å². The summed E-state index contributed by atoms with van der Waals surface area (Å²) in [6, 6.07) is -0.299. The standard InChI is InChI=1S/C10H21NO3/c1-6-11(4)9(7-13-5)10(12)14-8(2)3/h8-9H,6-7H2,1-5H3.